The summed E-state index contributed by atoms with van der Waals surface area (Å²) in [5.41, 5.74) is 1.09. The molecule has 0 radical (unpaired) electrons. The van der Waals surface area contributed by atoms with Gasteiger partial charge in [-0.1, -0.05) is 18.9 Å². The first kappa shape index (κ1) is 11.1. The fraction of sp³-hybridized carbons (Fsp3) is 0.462. The van der Waals surface area contributed by atoms with Crippen LogP contribution < -0.4 is 5.32 Å². The number of hydrogen-bond acceptors (Lipinski definition) is 2. The van der Waals surface area contributed by atoms with Crippen LogP contribution in [0.15, 0.2) is 18.2 Å². The van der Waals surface area contributed by atoms with E-state index in [0.717, 1.165) is 18.0 Å². The molecule has 1 aromatic rings. The van der Waals surface area contributed by atoms with Gasteiger partial charge in [0.15, 0.2) is 0 Å². The minimum atomic E-state index is -0.441. The Balaban J connectivity index is 1.81. The molecule has 1 aliphatic carbocycles. The maximum Gasteiger partial charge on any atom is 0.140 e. The van der Waals surface area contributed by atoms with Crippen LogP contribution >= 0.6 is 0 Å². The first-order valence-corrected chi connectivity index (χ1v) is 5.69. The van der Waals surface area contributed by atoms with Crippen molar-refractivity contribution in [1.82, 2.24) is 5.32 Å². The highest BCUT2D eigenvalue weighted by molar-refractivity contribution is 5.34. The molecular weight excluding hydrogens is 203 g/mol. The normalized spacial score (nSPS) is 14.8. The lowest BCUT2D eigenvalue weighted by atomic mass is 10.1. The fourth-order valence-electron chi connectivity index (χ4n) is 1.71. The highest BCUT2D eigenvalue weighted by Crippen LogP contribution is 2.31. The van der Waals surface area contributed by atoms with E-state index in [-0.39, 0.29) is 5.56 Å². The predicted octanol–water partition coefficient (Wildman–Crippen LogP) is 2.59. The Bertz CT molecular complexity index is 405. The SMILES string of the molecule is N#Cc1cc(CNCCC2CC2)ccc1F. The topological polar surface area (TPSA) is 35.8 Å². The van der Waals surface area contributed by atoms with Crippen LogP contribution in [0.3, 0.4) is 0 Å². The second-order valence-electron chi connectivity index (χ2n) is 4.33. The Morgan fingerprint density at radius 1 is 1.44 bits per heavy atom. The molecule has 3 heteroatoms. The summed E-state index contributed by atoms with van der Waals surface area (Å²) in [5, 5.41) is 12.0. The maximum absolute atomic E-state index is 13.0. The van der Waals surface area contributed by atoms with E-state index in [1.807, 2.05) is 6.07 Å². The molecule has 16 heavy (non-hydrogen) atoms. The van der Waals surface area contributed by atoms with Crippen molar-refractivity contribution in [2.75, 3.05) is 6.54 Å². The van der Waals surface area contributed by atoms with E-state index >= 15 is 0 Å². The van der Waals surface area contributed by atoms with Crippen molar-refractivity contribution in [3.05, 3.63) is 35.1 Å². The summed E-state index contributed by atoms with van der Waals surface area (Å²) in [6, 6.07) is 6.54. The quantitative estimate of drug-likeness (QED) is 0.771. The van der Waals surface area contributed by atoms with Gasteiger partial charge < -0.3 is 5.32 Å². The molecule has 1 fully saturated rings. The van der Waals surface area contributed by atoms with Crippen LogP contribution in [0.5, 0.6) is 0 Å². The molecule has 0 aliphatic heterocycles. The molecule has 2 nitrogen and oxygen atoms in total. The molecule has 0 heterocycles. The Morgan fingerprint density at radius 2 is 2.25 bits per heavy atom. The van der Waals surface area contributed by atoms with Gasteiger partial charge in [0, 0.05) is 6.54 Å². The van der Waals surface area contributed by atoms with Gasteiger partial charge in [-0.15, -0.1) is 0 Å². The highest BCUT2D eigenvalue weighted by atomic mass is 19.1. The lowest BCUT2D eigenvalue weighted by Crippen LogP contribution is -2.15. The second-order valence-corrected chi connectivity index (χ2v) is 4.33. The van der Waals surface area contributed by atoms with Gasteiger partial charge in [0.25, 0.3) is 0 Å². The molecule has 0 unspecified atom stereocenters. The van der Waals surface area contributed by atoms with Crippen LogP contribution in [-0.2, 0) is 6.54 Å². The number of hydrogen-bond donors (Lipinski definition) is 1. The molecule has 84 valence electrons. The molecule has 0 bridgehead atoms. The molecule has 0 saturated heterocycles. The summed E-state index contributed by atoms with van der Waals surface area (Å²) in [6.07, 6.45) is 3.97. The summed E-state index contributed by atoms with van der Waals surface area (Å²) in [6.45, 7) is 1.71. The minimum absolute atomic E-state index is 0.126. The Morgan fingerprint density at radius 3 is 2.94 bits per heavy atom. The summed E-state index contributed by atoms with van der Waals surface area (Å²) in [7, 11) is 0. The van der Waals surface area contributed by atoms with Gasteiger partial charge in [-0.2, -0.15) is 5.26 Å². The number of halogens is 1. The van der Waals surface area contributed by atoms with Crippen LogP contribution in [0, 0.1) is 23.1 Å². The molecule has 0 amide bonds. The second kappa shape index (κ2) is 5.09. The number of nitriles is 1. The van der Waals surface area contributed by atoms with E-state index in [1.165, 1.54) is 25.3 Å². The Kier molecular flexibility index (Phi) is 3.53. The highest BCUT2D eigenvalue weighted by Gasteiger charge is 2.19. The largest absolute Gasteiger partial charge is 0.313 e. The van der Waals surface area contributed by atoms with E-state index in [4.69, 9.17) is 5.26 Å². The number of benzene rings is 1. The van der Waals surface area contributed by atoms with E-state index in [1.54, 1.807) is 12.1 Å². The molecule has 0 atom stereocenters. The average Bonchev–Trinajstić information content (AvgIpc) is 3.10. The zero-order valence-corrected chi connectivity index (χ0v) is 9.17. The third kappa shape index (κ3) is 3.04. The number of nitrogens with one attached hydrogen (secondary N) is 1. The molecule has 1 aromatic carbocycles. The summed E-state index contributed by atoms with van der Waals surface area (Å²) in [5.74, 6) is 0.486. The minimum Gasteiger partial charge on any atom is -0.313 e. The summed E-state index contributed by atoms with van der Waals surface area (Å²) < 4.78 is 13.0. The maximum atomic E-state index is 13.0. The van der Waals surface area contributed by atoms with Gasteiger partial charge in [-0.25, -0.2) is 4.39 Å². The van der Waals surface area contributed by atoms with Gasteiger partial charge in [-0.3, -0.25) is 0 Å². The van der Waals surface area contributed by atoms with Crippen LogP contribution in [0.25, 0.3) is 0 Å². The first-order chi connectivity index (χ1) is 7.79. The standard InChI is InChI=1S/C13H15FN2/c14-13-4-3-11(7-12(13)8-15)9-16-6-5-10-1-2-10/h3-4,7,10,16H,1-2,5-6,9H2. The van der Waals surface area contributed by atoms with Crippen molar-refractivity contribution in [2.24, 2.45) is 5.92 Å². The van der Waals surface area contributed by atoms with Crippen molar-refractivity contribution in [3.63, 3.8) is 0 Å². The van der Waals surface area contributed by atoms with Crippen LogP contribution in [-0.4, -0.2) is 6.54 Å². The summed E-state index contributed by atoms with van der Waals surface area (Å²) >= 11 is 0. The Hall–Kier alpha value is -1.40. The fourth-order valence-corrected chi connectivity index (χ4v) is 1.71. The van der Waals surface area contributed by atoms with Gasteiger partial charge in [0.2, 0.25) is 0 Å². The Labute approximate surface area is 95.1 Å². The monoisotopic (exact) mass is 218 g/mol. The van der Waals surface area contributed by atoms with Crippen molar-refractivity contribution in [2.45, 2.75) is 25.8 Å². The third-order valence-electron chi connectivity index (χ3n) is 2.91. The molecule has 0 spiro atoms. The van der Waals surface area contributed by atoms with Crippen molar-refractivity contribution in [1.29, 1.82) is 5.26 Å². The molecule has 1 aliphatic rings. The van der Waals surface area contributed by atoms with Crippen LogP contribution in [0.1, 0.15) is 30.4 Å². The van der Waals surface area contributed by atoms with Gasteiger partial charge >= 0.3 is 0 Å². The van der Waals surface area contributed by atoms with E-state index in [2.05, 4.69) is 5.32 Å². The molecule has 1 N–H and O–H groups in total. The van der Waals surface area contributed by atoms with Gasteiger partial charge in [0.05, 0.1) is 5.56 Å². The van der Waals surface area contributed by atoms with Crippen molar-refractivity contribution < 1.29 is 4.39 Å². The average molecular weight is 218 g/mol. The lowest BCUT2D eigenvalue weighted by Gasteiger charge is -2.04. The number of nitrogens with zero attached hydrogens (tertiary/aromatic N) is 1. The van der Waals surface area contributed by atoms with Crippen molar-refractivity contribution in [3.8, 4) is 6.07 Å². The van der Waals surface area contributed by atoms with Crippen LogP contribution in [0.4, 0.5) is 4.39 Å². The third-order valence-corrected chi connectivity index (χ3v) is 2.91. The van der Waals surface area contributed by atoms with Crippen LogP contribution in [0.2, 0.25) is 0 Å². The van der Waals surface area contributed by atoms with Gasteiger partial charge in [-0.05, 0) is 36.6 Å². The molecule has 2 rings (SSSR count). The molecule has 0 aromatic heterocycles. The predicted molar refractivity (Wildman–Crippen MR) is 60.2 cm³/mol. The zero-order valence-electron chi connectivity index (χ0n) is 9.17. The summed E-state index contributed by atoms with van der Waals surface area (Å²) in [4.78, 5) is 0. The van der Waals surface area contributed by atoms with E-state index < -0.39 is 5.82 Å². The molecular formula is C13H15FN2. The van der Waals surface area contributed by atoms with E-state index in [0.29, 0.717) is 6.54 Å². The number of rotatable bonds is 5. The van der Waals surface area contributed by atoms with Gasteiger partial charge in [0.1, 0.15) is 11.9 Å². The lowest BCUT2D eigenvalue weighted by molar-refractivity contribution is 0.606. The smallest absolute Gasteiger partial charge is 0.140 e. The first-order valence-electron chi connectivity index (χ1n) is 5.69. The zero-order chi connectivity index (χ0) is 11.4. The van der Waals surface area contributed by atoms with Crippen molar-refractivity contribution >= 4 is 0 Å². The molecule has 1 saturated carbocycles. The van der Waals surface area contributed by atoms with E-state index in [9.17, 15) is 4.39 Å².